The molecule has 14 N–H and O–H groups in total. The molecule has 1 unspecified atom stereocenters. The molecule has 7 aliphatic rings. The van der Waals surface area contributed by atoms with Crippen molar-refractivity contribution in [2.45, 2.75) is 396 Å². The second-order valence-corrected chi connectivity index (χ2v) is 41.7. The Morgan fingerprint density at radius 1 is 0.571 bits per heavy atom. The minimum absolute atomic E-state index is 0.124. The van der Waals surface area contributed by atoms with Gasteiger partial charge in [0.1, 0.15) is 60.0 Å². The number of para-hydroxylation sites is 2. The van der Waals surface area contributed by atoms with Crippen molar-refractivity contribution in [1.29, 1.82) is 0 Å². The first kappa shape index (κ1) is 113. The van der Waals surface area contributed by atoms with Crippen LogP contribution in [0.5, 0.6) is 0 Å². The number of likely N-dealkylation sites (N-methyl/N-ethyl adjacent to an activating group) is 2. The van der Waals surface area contributed by atoms with Gasteiger partial charge in [0, 0.05) is 118 Å². The predicted molar refractivity (Wildman–Crippen MR) is 507 cm³/mol. The fourth-order valence-electron chi connectivity index (χ4n) is 21.8. The van der Waals surface area contributed by atoms with Crippen LogP contribution in [0.4, 0.5) is 5.69 Å². The van der Waals surface area contributed by atoms with Crippen LogP contribution in [0.1, 0.15) is 231 Å². The lowest BCUT2D eigenvalue weighted by atomic mass is 9.77. The lowest BCUT2D eigenvalue weighted by molar-refractivity contribution is -0.318. The highest BCUT2D eigenvalue weighted by atomic mass is 16.7. The molecule has 7 aliphatic heterocycles. The second-order valence-electron chi connectivity index (χ2n) is 41.7. The van der Waals surface area contributed by atoms with Crippen LogP contribution in [-0.2, 0) is 66.4 Å². The van der Waals surface area contributed by atoms with E-state index in [1.165, 1.54) is 39.3 Å². The number of methoxy groups -OCH3 is 2. The molecule has 762 valence electrons. The summed E-state index contributed by atoms with van der Waals surface area (Å²) in [5, 5.41) is 127. The molecule has 2 aromatic carbocycles. The maximum absolute atomic E-state index is 14.6. The molecule has 0 aliphatic carbocycles. The molecule has 10 rings (SSSR count). The quantitative estimate of drug-likeness (QED) is 0.0234. The van der Waals surface area contributed by atoms with Gasteiger partial charge in [-0.25, -0.2) is 0 Å². The van der Waals surface area contributed by atoms with Gasteiger partial charge < -0.3 is 134 Å². The first-order valence-electron chi connectivity index (χ1n) is 48.9. The number of anilines is 1. The van der Waals surface area contributed by atoms with Crippen LogP contribution in [0.25, 0.3) is 10.9 Å². The summed E-state index contributed by atoms with van der Waals surface area (Å²) in [6.07, 6.45) is -12.0. The fourth-order valence-corrected chi connectivity index (χ4v) is 21.8. The number of nitrogens with one attached hydrogen (secondary N) is 2. The summed E-state index contributed by atoms with van der Waals surface area (Å²) >= 11 is 0. The van der Waals surface area contributed by atoms with E-state index in [0.717, 1.165) is 49.7 Å². The zero-order valence-corrected chi connectivity index (χ0v) is 84.6. The molecule has 0 spiro atoms. The SMILES string of the molecule is CC[C@H]1OC(=O)[C@H](C)[C@@H](O[C@H]2C[C@@](C)(OC)[C@@H](O)[C@H](C)O2)[C@H](C)[C@@H](O[C@@H]2O[C@H](C)C[C@H](N(C)C)[C@H]2O)[C@](C)(O)C[C@@H](C)CN(CCCN)[C@H](C)[C@@H](O)[C@]1(C)O.CC[C@H]1OC(=O)[C@H](C)[C@@H](O[C@H]2C[C@@](C)(OC)[C@@H](O)[C@H](C)O2)[C@H](C)[C@@H](O[C@@H]2O[C@H](C)C[C@H](N(C)C)[C@H]2O)[C@](C)(O)C[C@@H](C)CN(CCCNCC2CCNc3ccccc32)[C@H](C)[C@@H](O)[C@]1(C)O.O=Cc1ccnc2ccccc12. The molecule has 3 aromatic rings. The number of aromatic nitrogens is 1. The monoisotopic (exact) mass is 1890 g/mol. The van der Waals surface area contributed by atoms with E-state index < -0.39 is 192 Å². The van der Waals surface area contributed by atoms with Gasteiger partial charge in [-0.05, 0) is 245 Å². The molecule has 133 heavy (non-hydrogen) atoms. The third kappa shape index (κ3) is 28.4. The maximum Gasteiger partial charge on any atom is 0.311 e. The Labute approximate surface area is 792 Å². The largest absolute Gasteiger partial charge is 0.459 e. The van der Waals surface area contributed by atoms with Crippen molar-refractivity contribution in [3.63, 3.8) is 0 Å². The van der Waals surface area contributed by atoms with Gasteiger partial charge in [0.05, 0.1) is 88.6 Å². The summed E-state index contributed by atoms with van der Waals surface area (Å²) in [4.78, 5) is 51.7. The van der Waals surface area contributed by atoms with Crippen molar-refractivity contribution in [2.24, 2.45) is 41.2 Å². The van der Waals surface area contributed by atoms with E-state index in [1.807, 2.05) is 118 Å². The van der Waals surface area contributed by atoms with Crippen LogP contribution in [0.15, 0.2) is 60.8 Å². The zero-order chi connectivity index (χ0) is 99.1. The highest BCUT2D eigenvalue weighted by Crippen LogP contribution is 2.45. The number of aldehydes is 1. The molecular formula is C100H172N8O25. The summed E-state index contributed by atoms with van der Waals surface area (Å²) in [7, 11) is 10.6. The van der Waals surface area contributed by atoms with Gasteiger partial charge in [0.25, 0.3) is 0 Å². The second kappa shape index (κ2) is 49.6. The highest BCUT2D eigenvalue weighted by Gasteiger charge is 2.57. The summed E-state index contributed by atoms with van der Waals surface area (Å²) in [6.45, 7) is 40.5. The molecule has 6 fully saturated rings. The van der Waals surface area contributed by atoms with E-state index in [-0.39, 0.29) is 74.7 Å². The van der Waals surface area contributed by atoms with Crippen molar-refractivity contribution in [2.75, 3.05) is 100 Å². The number of ether oxygens (including phenoxy) is 12. The predicted octanol–water partition coefficient (Wildman–Crippen LogP) is 7.52. The molecule has 33 heteroatoms. The van der Waals surface area contributed by atoms with E-state index in [9.17, 15) is 65.4 Å². The topological polar surface area (TPSA) is 440 Å². The summed E-state index contributed by atoms with van der Waals surface area (Å²) in [5.41, 5.74) is 1.04. The minimum atomic E-state index is -1.85. The molecule has 6 saturated heterocycles. The Morgan fingerprint density at radius 3 is 1.42 bits per heavy atom. The molecule has 0 saturated carbocycles. The number of cyclic esters (lactones) is 2. The first-order valence-corrected chi connectivity index (χ1v) is 48.9. The highest BCUT2D eigenvalue weighted by molar-refractivity contribution is 5.96. The number of fused-ring (bicyclic) bond motifs is 2. The summed E-state index contributed by atoms with van der Waals surface area (Å²) in [5.74, 6) is -4.94. The Bertz CT molecular complexity index is 4020. The third-order valence-corrected chi connectivity index (χ3v) is 29.9. The number of nitrogens with two attached hydrogens (primary N) is 1. The van der Waals surface area contributed by atoms with Gasteiger partial charge in [0.2, 0.25) is 0 Å². The average molecular weight is 1890 g/mol. The first-order chi connectivity index (χ1) is 62.3. The maximum atomic E-state index is 14.6. The molecule has 33 nitrogen and oxygen atoms in total. The van der Waals surface area contributed by atoms with Gasteiger partial charge in [-0.3, -0.25) is 29.2 Å². The van der Waals surface area contributed by atoms with Gasteiger partial charge in [0.15, 0.2) is 31.4 Å². The molecule has 8 heterocycles. The number of hydrogen-bond donors (Lipinski definition) is 13. The van der Waals surface area contributed by atoms with Crippen molar-refractivity contribution in [1.82, 2.24) is 29.9 Å². The van der Waals surface area contributed by atoms with Crippen LogP contribution in [-0.4, -0.2) is 369 Å². The van der Waals surface area contributed by atoms with Crippen LogP contribution < -0.4 is 16.4 Å². The number of nitrogens with zero attached hydrogens (tertiary/aromatic N) is 5. The van der Waals surface area contributed by atoms with E-state index in [2.05, 4.69) is 49.7 Å². The van der Waals surface area contributed by atoms with Crippen LogP contribution >= 0.6 is 0 Å². The van der Waals surface area contributed by atoms with Gasteiger partial charge >= 0.3 is 11.9 Å². The number of rotatable bonds is 24. The smallest absolute Gasteiger partial charge is 0.311 e. The Balaban J connectivity index is 0.000000293. The van der Waals surface area contributed by atoms with E-state index in [4.69, 9.17) is 62.6 Å². The lowest BCUT2D eigenvalue weighted by Gasteiger charge is -2.48. The molecule has 1 aromatic heterocycles. The molecular weight excluding hydrogens is 1710 g/mol. The summed E-state index contributed by atoms with van der Waals surface area (Å²) in [6, 6.07) is 16.0. The van der Waals surface area contributed by atoms with Crippen LogP contribution in [0, 0.1) is 35.5 Å². The molecule has 0 amide bonds. The number of pyridine rings is 1. The summed E-state index contributed by atoms with van der Waals surface area (Å²) < 4.78 is 76.0. The molecule has 37 atom stereocenters. The van der Waals surface area contributed by atoms with Crippen molar-refractivity contribution in [3.05, 3.63) is 71.9 Å². The van der Waals surface area contributed by atoms with Gasteiger partial charge in [-0.15, -0.1) is 0 Å². The van der Waals surface area contributed by atoms with E-state index in [1.54, 1.807) is 81.5 Å². The molecule has 0 bridgehead atoms. The van der Waals surface area contributed by atoms with Crippen molar-refractivity contribution < 1.29 is 122 Å². The minimum Gasteiger partial charge on any atom is -0.459 e. The van der Waals surface area contributed by atoms with E-state index in [0.29, 0.717) is 63.5 Å². The fraction of sp³-hybridized carbons (Fsp3) is 0.820. The number of benzene rings is 2. The number of aliphatic hydroxyl groups excluding tert-OH is 6. The average Bonchev–Trinajstić information content (AvgIpc) is 1.62. The standard InChI is InChI=1S/C50H88N4O12.C40H77N3O12.C10H7NO/c1-14-39-50(10,60)43(56)33(6)54(23-17-21-51-27-35-20-22-52-37-19-16-15-18-36(35)37)28-29(2)25-48(8,59)45(66-47-41(55)38(53(11)12)24-30(3)62-47)31(4)42(32(5)46(58)64-39)65-40-26-49(9,61-13)44(57)34(7)63-40;1-14-29-40(10,49)33(45)26(6)43(17-15-16-41)21-22(2)19-38(8,48)35(55-37-31(44)28(42(11)12)18-23(3)51-37)24(4)32(25(5)36(47)53-29)54-30-20-39(9,50-13)34(46)27(7)52-30;12-7-8-5-6-11-10-4-2-1-3-9(8)10/h15-16,18-19,29-35,38-45,47,51-52,55-57,59-60H,14,17,20-28H2,1-13H3;22-35,37,44-46,48-49H,14-21,41H2,1-13H3;1-7H/t29-,30-,31+,32-,33-,34+,35?,38+,39-,40+,41-,42+,43-,44+,45-,47+,48-,49-,50-;22-,23-,24+,25-,26-,27+,28+,29-,30+,31-,32+,33-,34+,35-,37+,38-,39-,40-;/m11./s1. The zero-order valence-electron chi connectivity index (χ0n) is 84.6. The van der Waals surface area contributed by atoms with Crippen molar-refractivity contribution >= 4 is 34.8 Å². The Kier molecular flexibility index (Phi) is 42.3. The van der Waals surface area contributed by atoms with Gasteiger partial charge in [-0.2, -0.15) is 0 Å². The molecule has 0 radical (unpaired) electrons. The Morgan fingerprint density at radius 2 is 1.00 bits per heavy atom. The third-order valence-electron chi connectivity index (χ3n) is 29.9. The normalized spacial score (nSPS) is 42.2. The number of carbonyl (C=O) groups excluding carboxylic acids is 3. The van der Waals surface area contributed by atoms with E-state index >= 15 is 0 Å². The van der Waals surface area contributed by atoms with Gasteiger partial charge in [-0.1, -0.05) is 77.9 Å². The Hall–Kier alpha value is -4.78. The number of aliphatic hydroxyl groups is 10. The number of hydrogen-bond acceptors (Lipinski definition) is 33. The van der Waals surface area contributed by atoms with Crippen LogP contribution in [0.2, 0.25) is 0 Å². The van der Waals surface area contributed by atoms with Crippen molar-refractivity contribution in [3.8, 4) is 0 Å². The number of carbonyl (C=O) groups is 3. The van der Waals surface area contributed by atoms with Crippen LogP contribution in [0.3, 0.4) is 0 Å². The number of esters is 2. The lowest BCUT2D eigenvalue weighted by Crippen LogP contribution is -2.60.